The maximum atomic E-state index is 3.84. The summed E-state index contributed by atoms with van der Waals surface area (Å²) in [7, 11) is 2.20. The molecule has 2 aromatic rings. The highest BCUT2D eigenvalue weighted by atomic mass is 15.2. The lowest BCUT2D eigenvalue weighted by atomic mass is 9.97. The van der Waals surface area contributed by atoms with Crippen LogP contribution in [0, 0.1) is 0 Å². The maximum absolute atomic E-state index is 3.84. The molecular formula is C18H22N2. The van der Waals surface area contributed by atoms with Crippen molar-refractivity contribution in [1.29, 1.82) is 0 Å². The highest BCUT2D eigenvalue weighted by Crippen LogP contribution is 2.23. The van der Waals surface area contributed by atoms with Crippen LogP contribution < -0.4 is 5.32 Å². The topological polar surface area (TPSA) is 15.3 Å². The van der Waals surface area contributed by atoms with Gasteiger partial charge in [-0.15, -0.1) is 0 Å². The van der Waals surface area contributed by atoms with Crippen LogP contribution in [-0.4, -0.2) is 31.1 Å². The second kappa shape index (κ2) is 6.21. The average molecular weight is 266 g/mol. The predicted molar refractivity (Wildman–Crippen MR) is 83.8 cm³/mol. The van der Waals surface area contributed by atoms with Gasteiger partial charge in [-0.3, -0.25) is 0 Å². The summed E-state index contributed by atoms with van der Waals surface area (Å²) in [6.45, 7) is 2.32. The Kier molecular flexibility index (Phi) is 4.14. The highest BCUT2D eigenvalue weighted by Gasteiger charge is 2.23. The zero-order valence-corrected chi connectivity index (χ0v) is 12.0. The van der Waals surface area contributed by atoms with E-state index < -0.39 is 0 Å². The van der Waals surface area contributed by atoms with Crippen LogP contribution in [0.1, 0.15) is 23.6 Å². The third-order valence-corrected chi connectivity index (χ3v) is 4.06. The van der Waals surface area contributed by atoms with E-state index in [2.05, 4.69) is 77.9 Å². The summed E-state index contributed by atoms with van der Waals surface area (Å²) in [5.74, 6) is 0. The van der Waals surface area contributed by atoms with E-state index in [1.165, 1.54) is 24.1 Å². The summed E-state index contributed by atoms with van der Waals surface area (Å²) >= 11 is 0. The van der Waals surface area contributed by atoms with Crippen LogP contribution >= 0.6 is 0 Å². The van der Waals surface area contributed by atoms with E-state index in [0.29, 0.717) is 6.04 Å². The number of hydrogen-bond acceptors (Lipinski definition) is 2. The first kappa shape index (κ1) is 13.3. The van der Waals surface area contributed by atoms with Gasteiger partial charge in [0, 0.05) is 12.6 Å². The molecular weight excluding hydrogens is 244 g/mol. The third-order valence-electron chi connectivity index (χ3n) is 4.06. The van der Waals surface area contributed by atoms with E-state index in [-0.39, 0.29) is 6.04 Å². The number of nitrogens with one attached hydrogen (secondary N) is 1. The van der Waals surface area contributed by atoms with Crippen molar-refractivity contribution < 1.29 is 0 Å². The van der Waals surface area contributed by atoms with Crippen LogP contribution in [0.5, 0.6) is 0 Å². The molecule has 2 heteroatoms. The fourth-order valence-corrected chi connectivity index (χ4v) is 2.98. The first-order chi connectivity index (χ1) is 9.83. The molecule has 0 amide bonds. The van der Waals surface area contributed by atoms with Crippen molar-refractivity contribution in [1.82, 2.24) is 10.2 Å². The minimum absolute atomic E-state index is 0.286. The van der Waals surface area contributed by atoms with Crippen molar-refractivity contribution in [2.45, 2.75) is 18.5 Å². The Bertz CT molecular complexity index is 484. The van der Waals surface area contributed by atoms with Gasteiger partial charge in [0.25, 0.3) is 0 Å². The van der Waals surface area contributed by atoms with Crippen molar-refractivity contribution in [2.24, 2.45) is 0 Å². The zero-order chi connectivity index (χ0) is 13.8. The first-order valence-corrected chi connectivity index (χ1v) is 7.37. The normalized spacial score (nSPS) is 19.6. The fourth-order valence-electron chi connectivity index (χ4n) is 2.98. The molecule has 0 aliphatic carbocycles. The molecule has 2 nitrogen and oxygen atoms in total. The number of likely N-dealkylation sites (tertiary alicyclic amines) is 1. The Morgan fingerprint density at radius 3 is 1.95 bits per heavy atom. The van der Waals surface area contributed by atoms with Crippen LogP contribution in [0.25, 0.3) is 0 Å². The molecule has 0 bridgehead atoms. The largest absolute Gasteiger partial charge is 0.305 e. The van der Waals surface area contributed by atoms with Crippen LogP contribution in [0.15, 0.2) is 60.7 Å². The summed E-state index contributed by atoms with van der Waals surface area (Å²) in [5, 5.41) is 3.84. The summed E-state index contributed by atoms with van der Waals surface area (Å²) in [4.78, 5) is 2.39. The summed E-state index contributed by atoms with van der Waals surface area (Å²) in [5.41, 5.74) is 2.68. The van der Waals surface area contributed by atoms with E-state index in [1.807, 2.05) is 0 Å². The molecule has 1 unspecified atom stereocenters. The lowest BCUT2D eigenvalue weighted by molar-refractivity contribution is 0.391. The van der Waals surface area contributed by atoms with E-state index in [9.17, 15) is 0 Å². The molecule has 1 atom stereocenters. The molecule has 0 radical (unpaired) electrons. The summed E-state index contributed by atoms with van der Waals surface area (Å²) < 4.78 is 0. The molecule has 1 fully saturated rings. The van der Waals surface area contributed by atoms with E-state index in [1.54, 1.807) is 0 Å². The molecule has 0 aromatic heterocycles. The lowest BCUT2D eigenvalue weighted by Gasteiger charge is -2.24. The fraction of sp³-hybridized carbons (Fsp3) is 0.333. The predicted octanol–water partition coefficient (Wildman–Crippen LogP) is 3.07. The van der Waals surface area contributed by atoms with Crippen molar-refractivity contribution in [2.75, 3.05) is 20.1 Å². The number of hydrogen-bond donors (Lipinski definition) is 1. The third kappa shape index (κ3) is 3.09. The quantitative estimate of drug-likeness (QED) is 0.915. The van der Waals surface area contributed by atoms with Gasteiger partial charge in [-0.05, 0) is 31.1 Å². The van der Waals surface area contributed by atoms with Gasteiger partial charge in [0.2, 0.25) is 0 Å². The standard InChI is InChI=1S/C18H22N2/c1-20-13-12-17(14-20)19-18(15-8-4-2-5-9-15)16-10-6-3-7-11-16/h2-11,17-19H,12-14H2,1H3. The average Bonchev–Trinajstić information content (AvgIpc) is 2.92. The monoisotopic (exact) mass is 266 g/mol. The van der Waals surface area contributed by atoms with Crippen LogP contribution in [0.3, 0.4) is 0 Å². The molecule has 1 aliphatic heterocycles. The van der Waals surface area contributed by atoms with E-state index in [4.69, 9.17) is 0 Å². The van der Waals surface area contributed by atoms with Gasteiger partial charge in [-0.25, -0.2) is 0 Å². The maximum Gasteiger partial charge on any atom is 0.0579 e. The zero-order valence-electron chi connectivity index (χ0n) is 12.0. The molecule has 0 saturated carbocycles. The van der Waals surface area contributed by atoms with Gasteiger partial charge in [0.05, 0.1) is 6.04 Å². The second-order valence-electron chi connectivity index (χ2n) is 5.67. The minimum atomic E-state index is 0.286. The first-order valence-electron chi connectivity index (χ1n) is 7.37. The molecule has 104 valence electrons. The SMILES string of the molecule is CN1CCC(NC(c2ccccc2)c2ccccc2)C1. The molecule has 1 N–H and O–H groups in total. The second-order valence-corrected chi connectivity index (χ2v) is 5.67. The molecule has 20 heavy (non-hydrogen) atoms. The lowest BCUT2D eigenvalue weighted by Crippen LogP contribution is -2.35. The van der Waals surface area contributed by atoms with Gasteiger partial charge >= 0.3 is 0 Å². The Morgan fingerprint density at radius 2 is 1.50 bits per heavy atom. The molecule has 3 rings (SSSR count). The molecule has 1 aliphatic rings. The van der Waals surface area contributed by atoms with Crippen molar-refractivity contribution >= 4 is 0 Å². The molecule has 2 aromatic carbocycles. The van der Waals surface area contributed by atoms with Crippen molar-refractivity contribution in [3.63, 3.8) is 0 Å². The van der Waals surface area contributed by atoms with Crippen molar-refractivity contribution in [3.8, 4) is 0 Å². The van der Waals surface area contributed by atoms with Gasteiger partial charge in [0.15, 0.2) is 0 Å². The minimum Gasteiger partial charge on any atom is -0.305 e. The van der Waals surface area contributed by atoms with Gasteiger partial charge in [-0.1, -0.05) is 60.7 Å². The Hall–Kier alpha value is -1.64. The number of nitrogens with zero attached hydrogens (tertiary/aromatic N) is 1. The Balaban J connectivity index is 1.84. The number of likely N-dealkylation sites (N-methyl/N-ethyl adjacent to an activating group) is 1. The highest BCUT2D eigenvalue weighted by molar-refractivity contribution is 5.31. The molecule has 1 saturated heterocycles. The Labute approximate surface area is 121 Å². The van der Waals surface area contributed by atoms with Crippen molar-refractivity contribution in [3.05, 3.63) is 71.8 Å². The van der Waals surface area contributed by atoms with E-state index in [0.717, 1.165) is 6.54 Å². The van der Waals surface area contributed by atoms with Gasteiger partial charge in [-0.2, -0.15) is 0 Å². The summed E-state index contributed by atoms with van der Waals surface area (Å²) in [6, 6.07) is 22.3. The summed E-state index contributed by atoms with van der Waals surface area (Å²) in [6.07, 6.45) is 1.23. The van der Waals surface area contributed by atoms with Crippen LogP contribution in [-0.2, 0) is 0 Å². The van der Waals surface area contributed by atoms with E-state index >= 15 is 0 Å². The molecule has 0 spiro atoms. The van der Waals surface area contributed by atoms with Crippen LogP contribution in [0.2, 0.25) is 0 Å². The van der Waals surface area contributed by atoms with Gasteiger partial charge < -0.3 is 10.2 Å². The smallest absolute Gasteiger partial charge is 0.0579 e. The number of rotatable bonds is 4. The van der Waals surface area contributed by atoms with Crippen LogP contribution in [0.4, 0.5) is 0 Å². The Morgan fingerprint density at radius 1 is 0.950 bits per heavy atom. The van der Waals surface area contributed by atoms with Gasteiger partial charge in [0.1, 0.15) is 0 Å². The molecule has 1 heterocycles. The number of benzene rings is 2.